The van der Waals surface area contributed by atoms with Crippen molar-refractivity contribution in [3.63, 3.8) is 0 Å². The Bertz CT molecular complexity index is 1080. The lowest BCUT2D eigenvalue weighted by atomic mass is 10.3. The van der Waals surface area contributed by atoms with E-state index in [9.17, 15) is 16.8 Å². The molecule has 3 rings (SSSR count). The molecule has 0 radical (unpaired) electrons. The molecule has 0 saturated carbocycles. The average molecular weight is 442 g/mol. The van der Waals surface area contributed by atoms with E-state index in [4.69, 9.17) is 15.2 Å². The molecule has 0 atom stereocenters. The van der Waals surface area contributed by atoms with Crippen molar-refractivity contribution in [2.45, 2.75) is 9.79 Å². The standard InChI is InChI=1S/C18H23N3O6S2/c1-26-17-8-7-16(13-18(17)27-2)29(24,25)21-11-9-20(10-12-21)28(22,23)15-5-3-14(19)4-6-15/h3-8,13H,9-12,19H2,1-2H3. The van der Waals surface area contributed by atoms with Gasteiger partial charge in [0.1, 0.15) is 0 Å². The first kappa shape index (κ1) is 21.4. The Hall–Kier alpha value is -2.34. The second-order valence-electron chi connectivity index (χ2n) is 6.39. The van der Waals surface area contributed by atoms with Crippen LogP contribution in [0.2, 0.25) is 0 Å². The van der Waals surface area contributed by atoms with Gasteiger partial charge in [0.25, 0.3) is 0 Å². The Morgan fingerprint density at radius 1 is 0.724 bits per heavy atom. The summed E-state index contributed by atoms with van der Waals surface area (Å²) in [4.78, 5) is 0.188. The van der Waals surface area contributed by atoms with Crippen LogP contribution in [0.5, 0.6) is 11.5 Å². The summed E-state index contributed by atoms with van der Waals surface area (Å²) < 4.78 is 64.3. The van der Waals surface area contributed by atoms with Crippen molar-refractivity contribution in [3.8, 4) is 11.5 Å². The third kappa shape index (κ3) is 4.17. The maximum atomic E-state index is 13.0. The molecule has 2 aromatic carbocycles. The lowest BCUT2D eigenvalue weighted by Gasteiger charge is -2.33. The van der Waals surface area contributed by atoms with Crippen molar-refractivity contribution >= 4 is 25.7 Å². The minimum absolute atomic E-state index is 0.0465. The van der Waals surface area contributed by atoms with Crippen LogP contribution < -0.4 is 15.2 Å². The monoisotopic (exact) mass is 441 g/mol. The summed E-state index contributed by atoms with van der Waals surface area (Å²) in [6.45, 7) is 0.203. The molecule has 0 aliphatic carbocycles. The van der Waals surface area contributed by atoms with Crippen molar-refractivity contribution < 1.29 is 26.3 Å². The van der Waals surface area contributed by atoms with Gasteiger partial charge in [0.15, 0.2) is 11.5 Å². The van der Waals surface area contributed by atoms with Gasteiger partial charge in [-0.15, -0.1) is 0 Å². The Balaban J connectivity index is 1.77. The first-order valence-corrected chi connectivity index (χ1v) is 11.7. The fraction of sp³-hybridized carbons (Fsp3) is 0.333. The number of benzene rings is 2. The van der Waals surface area contributed by atoms with Gasteiger partial charge >= 0.3 is 0 Å². The molecule has 9 nitrogen and oxygen atoms in total. The van der Waals surface area contributed by atoms with Gasteiger partial charge in [-0.05, 0) is 36.4 Å². The number of hydrogen-bond acceptors (Lipinski definition) is 7. The van der Waals surface area contributed by atoms with Crippen LogP contribution in [0.1, 0.15) is 0 Å². The van der Waals surface area contributed by atoms with Crippen molar-refractivity contribution in [1.29, 1.82) is 0 Å². The molecule has 2 N–H and O–H groups in total. The lowest BCUT2D eigenvalue weighted by Crippen LogP contribution is -2.50. The molecule has 1 fully saturated rings. The van der Waals surface area contributed by atoms with Gasteiger partial charge in [-0.2, -0.15) is 8.61 Å². The number of nitrogens with two attached hydrogens (primary N) is 1. The van der Waals surface area contributed by atoms with E-state index in [1.165, 1.54) is 65.3 Å². The Morgan fingerprint density at radius 2 is 1.17 bits per heavy atom. The molecule has 0 amide bonds. The summed E-state index contributed by atoms with van der Waals surface area (Å²) >= 11 is 0. The van der Waals surface area contributed by atoms with E-state index < -0.39 is 20.0 Å². The molecule has 0 aromatic heterocycles. The van der Waals surface area contributed by atoms with Crippen LogP contribution in [0, 0.1) is 0 Å². The number of nitrogen functional groups attached to an aromatic ring is 1. The van der Waals surface area contributed by atoms with Gasteiger partial charge in [-0.3, -0.25) is 0 Å². The van der Waals surface area contributed by atoms with E-state index in [0.717, 1.165) is 0 Å². The van der Waals surface area contributed by atoms with E-state index in [0.29, 0.717) is 17.2 Å². The van der Waals surface area contributed by atoms with Gasteiger partial charge in [-0.25, -0.2) is 16.8 Å². The smallest absolute Gasteiger partial charge is 0.243 e. The summed E-state index contributed by atoms with van der Waals surface area (Å²) in [5.74, 6) is 0.726. The number of sulfonamides is 2. The summed E-state index contributed by atoms with van der Waals surface area (Å²) in [5.41, 5.74) is 6.08. The Kier molecular flexibility index (Phi) is 6.03. The first-order chi connectivity index (χ1) is 13.7. The van der Waals surface area contributed by atoms with Gasteiger partial charge in [-0.1, -0.05) is 0 Å². The summed E-state index contributed by atoms with van der Waals surface area (Å²) in [6, 6.07) is 10.3. The fourth-order valence-corrected chi connectivity index (χ4v) is 5.93. The topological polar surface area (TPSA) is 119 Å². The minimum atomic E-state index is -3.80. The predicted octanol–water partition coefficient (Wildman–Crippen LogP) is 0.981. The van der Waals surface area contributed by atoms with E-state index >= 15 is 0 Å². The molecule has 2 aromatic rings. The highest BCUT2D eigenvalue weighted by molar-refractivity contribution is 7.89. The van der Waals surface area contributed by atoms with Crippen molar-refractivity contribution in [1.82, 2.24) is 8.61 Å². The average Bonchev–Trinajstić information content (AvgIpc) is 2.73. The molecule has 29 heavy (non-hydrogen) atoms. The predicted molar refractivity (Wildman–Crippen MR) is 108 cm³/mol. The number of nitrogens with zero attached hydrogens (tertiary/aromatic N) is 2. The molecule has 1 saturated heterocycles. The van der Waals surface area contributed by atoms with E-state index in [-0.39, 0.29) is 36.0 Å². The number of rotatable bonds is 6. The Morgan fingerprint density at radius 3 is 1.66 bits per heavy atom. The molecule has 1 heterocycles. The highest BCUT2D eigenvalue weighted by Crippen LogP contribution is 2.31. The van der Waals surface area contributed by atoms with E-state index in [1.54, 1.807) is 0 Å². The molecule has 1 aliphatic rings. The third-order valence-corrected chi connectivity index (χ3v) is 8.52. The van der Waals surface area contributed by atoms with Crippen LogP contribution in [-0.4, -0.2) is 65.8 Å². The molecule has 0 bridgehead atoms. The van der Waals surface area contributed by atoms with Gasteiger partial charge < -0.3 is 15.2 Å². The van der Waals surface area contributed by atoms with Crippen LogP contribution in [-0.2, 0) is 20.0 Å². The van der Waals surface area contributed by atoms with Crippen LogP contribution in [0.25, 0.3) is 0 Å². The maximum absolute atomic E-state index is 13.0. The van der Waals surface area contributed by atoms with Gasteiger partial charge in [0.05, 0.1) is 24.0 Å². The second-order valence-corrected chi connectivity index (χ2v) is 10.3. The maximum Gasteiger partial charge on any atom is 0.243 e. The normalized spacial score (nSPS) is 16.5. The van der Waals surface area contributed by atoms with Crippen molar-refractivity contribution in [2.24, 2.45) is 0 Å². The quantitative estimate of drug-likeness (QED) is 0.664. The zero-order valence-corrected chi connectivity index (χ0v) is 17.7. The van der Waals surface area contributed by atoms with Crippen LogP contribution in [0.3, 0.4) is 0 Å². The van der Waals surface area contributed by atoms with E-state index in [1.807, 2.05) is 0 Å². The van der Waals surface area contributed by atoms with Crippen LogP contribution in [0.4, 0.5) is 5.69 Å². The van der Waals surface area contributed by atoms with E-state index in [2.05, 4.69) is 0 Å². The van der Waals surface area contributed by atoms with Crippen LogP contribution >= 0.6 is 0 Å². The zero-order valence-electron chi connectivity index (χ0n) is 16.1. The highest BCUT2D eigenvalue weighted by atomic mass is 32.2. The summed E-state index contributed by atoms with van der Waals surface area (Å²) in [6.07, 6.45) is 0. The Labute approximate surface area is 170 Å². The minimum Gasteiger partial charge on any atom is -0.493 e. The zero-order chi connectivity index (χ0) is 21.2. The van der Waals surface area contributed by atoms with Crippen LogP contribution in [0.15, 0.2) is 52.3 Å². The lowest BCUT2D eigenvalue weighted by molar-refractivity contribution is 0.272. The molecule has 0 spiro atoms. The second kappa shape index (κ2) is 8.19. The molecular formula is C18H23N3O6S2. The first-order valence-electron chi connectivity index (χ1n) is 8.78. The largest absolute Gasteiger partial charge is 0.493 e. The number of methoxy groups -OCH3 is 2. The number of ether oxygens (including phenoxy) is 2. The molecule has 0 unspecified atom stereocenters. The van der Waals surface area contributed by atoms with Crippen molar-refractivity contribution in [3.05, 3.63) is 42.5 Å². The number of piperazine rings is 1. The third-order valence-electron chi connectivity index (χ3n) is 4.71. The summed E-state index contributed by atoms with van der Waals surface area (Å²) in [5, 5.41) is 0. The molecule has 1 aliphatic heterocycles. The highest BCUT2D eigenvalue weighted by Gasteiger charge is 2.34. The molecular weight excluding hydrogens is 418 g/mol. The van der Waals surface area contributed by atoms with Crippen molar-refractivity contribution in [2.75, 3.05) is 46.1 Å². The number of anilines is 1. The van der Waals surface area contributed by atoms with Gasteiger partial charge in [0.2, 0.25) is 20.0 Å². The summed E-state index contributed by atoms with van der Waals surface area (Å²) in [7, 11) is -4.62. The molecule has 158 valence electrons. The number of hydrogen-bond donors (Lipinski definition) is 1. The molecule has 11 heteroatoms. The SMILES string of the molecule is COc1ccc(S(=O)(=O)N2CCN(S(=O)(=O)c3ccc(N)cc3)CC2)cc1OC. The van der Waals surface area contributed by atoms with Gasteiger partial charge in [0, 0.05) is 37.9 Å². The fourth-order valence-electron chi connectivity index (χ4n) is 3.07.